The molecule has 1 aromatic heterocycles. The number of nitrogens with one attached hydrogen (secondary N) is 1. The first-order chi connectivity index (χ1) is 21.5. The molecular formula is C34H41N5O5S. The van der Waals surface area contributed by atoms with Gasteiger partial charge >= 0.3 is 10.2 Å². The third-order valence-corrected chi connectivity index (χ3v) is 11.1. The zero-order valence-electron chi connectivity index (χ0n) is 26.4. The lowest BCUT2D eigenvalue weighted by Crippen LogP contribution is -2.39. The molecule has 1 saturated heterocycles. The van der Waals surface area contributed by atoms with Gasteiger partial charge in [0.15, 0.2) is 0 Å². The van der Waals surface area contributed by atoms with Gasteiger partial charge in [0, 0.05) is 68.8 Å². The Bertz CT molecular complexity index is 1820. The molecule has 3 heterocycles. The van der Waals surface area contributed by atoms with E-state index in [1.165, 1.54) is 26.1 Å². The van der Waals surface area contributed by atoms with Crippen LogP contribution in [0.1, 0.15) is 72.9 Å². The lowest BCUT2D eigenvalue weighted by molar-refractivity contribution is -0.131. The lowest BCUT2D eigenvalue weighted by Gasteiger charge is -2.24. The first kappa shape index (κ1) is 31.0. The fourth-order valence-electron chi connectivity index (χ4n) is 7.12. The summed E-state index contributed by atoms with van der Waals surface area (Å²) in [5, 5.41) is 1.02. The number of benzene rings is 2. The highest BCUT2D eigenvalue weighted by atomic mass is 32.2. The van der Waals surface area contributed by atoms with E-state index in [0.29, 0.717) is 31.1 Å². The molecular weight excluding hydrogens is 590 g/mol. The normalized spacial score (nSPS) is 18.7. The number of likely N-dealkylation sites (tertiary alicyclic amines) is 1. The van der Waals surface area contributed by atoms with Crippen molar-refractivity contribution in [3.05, 3.63) is 64.7 Å². The van der Waals surface area contributed by atoms with Gasteiger partial charge in [-0.15, -0.1) is 0 Å². The minimum Gasteiger partial charge on any atom is -0.341 e. The van der Waals surface area contributed by atoms with E-state index in [0.717, 1.165) is 64.1 Å². The van der Waals surface area contributed by atoms with Crippen LogP contribution in [0.15, 0.2) is 48.0 Å². The second kappa shape index (κ2) is 12.1. The molecule has 1 atom stereocenters. The first-order valence-corrected chi connectivity index (χ1v) is 17.1. The number of hydrogen-bond donors (Lipinski definition) is 1. The Hall–Kier alpha value is -3.96. The van der Waals surface area contributed by atoms with Gasteiger partial charge in [-0.05, 0) is 54.5 Å². The van der Waals surface area contributed by atoms with Gasteiger partial charge < -0.3 is 14.4 Å². The van der Waals surface area contributed by atoms with E-state index in [9.17, 15) is 22.8 Å². The molecule has 2 aliphatic heterocycles. The summed E-state index contributed by atoms with van der Waals surface area (Å²) < 4.78 is 30.2. The fraction of sp³-hybridized carbons (Fsp3) is 0.441. The van der Waals surface area contributed by atoms with Gasteiger partial charge in [-0.1, -0.05) is 49.6 Å². The summed E-state index contributed by atoms with van der Waals surface area (Å²) in [6.07, 6.45) is 8.35. The van der Waals surface area contributed by atoms with Gasteiger partial charge in [0.25, 0.3) is 11.8 Å². The summed E-state index contributed by atoms with van der Waals surface area (Å²) in [6, 6.07) is 13.5. The maximum absolute atomic E-state index is 14.2. The number of carbonyl (C=O) groups excluding carboxylic acids is 3. The Labute approximate surface area is 264 Å². The van der Waals surface area contributed by atoms with Gasteiger partial charge in [0.1, 0.15) is 0 Å². The molecule has 3 aliphatic rings. The smallest absolute Gasteiger partial charge is 0.303 e. The highest BCUT2D eigenvalue weighted by molar-refractivity contribution is 7.87. The van der Waals surface area contributed by atoms with Crippen LogP contribution in [0, 0.1) is 0 Å². The second-order valence-electron chi connectivity index (χ2n) is 12.7. The Balaban J connectivity index is 1.48. The molecule has 3 aromatic rings. The minimum absolute atomic E-state index is 0.0196. The van der Waals surface area contributed by atoms with Crippen molar-refractivity contribution < 1.29 is 22.8 Å². The maximum atomic E-state index is 14.2. The van der Waals surface area contributed by atoms with Gasteiger partial charge in [0.2, 0.25) is 5.91 Å². The van der Waals surface area contributed by atoms with E-state index in [2.05, 4.69) is 15.4 Å². The van der Waals surface area contributed by atoms with E-state index in [1.54, 1.807) is 31.0 Å². The average Bonchev–Trinajstić information content (AvgIpc) is 3.59. The molecule has 238 valence electrons. The summed E-state index contributed by atoms with van der Waals surface area (Å²) in [5.74, 6) is -0.463. The minimum atomic E-state index is -3.98. The molecule has 6 rings (SSSR count). The molecule has 2 fully saturated rings. The molecule has 11 heteroatoms. The van der Waals surface area contributed by atoms with Crippen LogP contribution in [0.4, 0.5) is 0 Å². The van der Waals surface area contributed by atoms with Crippen LogP contribution in [0.2, 0.25) is 0 Å². The van der Waals surface area contributed by atoms with Crippen LogP contribution in [-0.4, -0.2) is 85.1 Å². The monoisotopic (exact) mass is 631 g/mol. The standard InChI is InChI=1S/C34H41N5O5S/c1-22(40)37(4)27-16-17-38(21-27)34(42)26-18-24-12-8-9-13-28(24)32-31(23-10-6-5-7-11-23)29-15-14-25(19-30(29)39(32)20-26)33(41)35-45(43,44)36(2)3/h8-9,12-15,18-19,23,27H,5-7,10-11,16-17,20-21H2,1-4H3,(H,35,41). The van der Waals surface area contributed by atoms with Crippen molar-refractivity contribution in [3.8, 4) is 11.3 Å². The van der Waals surface area contributed by atoms with Gasteiger partial charge in [-0.25, -0.2) is 4.72 Å². The molecule has 45 heavy (non-hydrogen) atoms. The zero-order chi connectivity index (χ0) is 32.0. The summed E-state index contributed by atoms with van der Waals surface area (Å²) >= 11 is 0. The third kappa shape index (κ3) is 5.79. The predicted octanol–water partition coefficient (Wildman–Crippen LogP) is 4.37. The van der Waals surface area contributed by atoms with Crippen LogP contribution in [0.3, 0.4) is 0 Å². The fourth-order valence-corrected chi connectivity index (χ4v) is 7.65. The average molecular weight is 632 g/mol. The molecule has 0 spiro atoms. The molecule has 2 aromatic carbocycles. The van der Waals surface area contributed by atoms with Crippen LogP contribution in [0.25, 0.3) is 28.2 Å². The van der Waals surface area contributed by atoms with E-state index in [-0.39, 0.29) is 23.4 Å². The number of fused-ring (bicyclic) bond motifs is 5. The summed E-state index contributed by atoms with van der Waals surface area (Å²) in [7, 11) is 0.539. The molecule has 1 saturated carbocycles. The highest BCUT2D eigenvalue weighted by Gasteiger charge is 2.34. The topological polar surface area (TPSA) is 112 Å². The molecule has 0 radical (unpaired) electrons. The van der Waals surface area contributed by atoms with Crippen LogP contribution in [-0.2, 0) is 26.3 Å². The molecule has 1 N–H and O–H groups in total. The largest absolute Gasteiger partial charge is 0.341 e. The van der Waals surface area contributed by atoms with Crippen LogP contribution in [0.5, 0.6) is 0 Å². The Morgan fingerprint density at radius 2 is 1.69 bits per heavy atom. The van der Waals surface area contributed by atoms with Crippen molar-refractivity contribution in [1.82, 2.24) is 23.4 Å². The van der Waals surface area contributed by atoms with Gasteiger partial charge in [-0.3, -0.25) is 14.4 Å². The van der Waals surface area contributed by atoms with Crippen molar-refractivity contribution in [1.29, 1.82) is 0 Å². The van der Waals surface area contributed by atoms with Crippen molar-refractivity contribution in [3.63, 3.8) is 0 Å². The molecule has 1 unspecified atom stereocenters. The van der Waals surface area contributed by atoms with Gasteiger partial charge in [0.05, 0.1) is 18.3 Å². The van der Waals surface area contributed by atoms with Crippen LogP contribution < -0.4 is 4.72 Å². The Morgan fingerprint density at radius 3 is 2.40 bits per heavy atom. The highest BCUT2D eigenvalue weighted by Crippen LogP contribution is 2.46. The van der Waals surface area contributed by atoms with Crippen molar-refractivity contribution >= 4 is 44.9 Å². The summed E-state index contributed by atoms with van der Waals surface area (Å²) in [5.41, 5.74) is 5.94. The van der Waals surface area contributed by atoms with E-state index < -0.39 is 16.1 Å². The number of amides is 3. The third-order valence-electron chi connectivity index (χ3n) is 9.73. The summed E-state index contributed by atoms with van der Waals surface area (Å²) in [4.78, 5) is 42.9. The van der Waals surface area contributed by atoms with Gasteiger partial charge in [-0.2, -0.15) is 12.7 Å². The van der Waals surface area contributed by atoms with Crippen molar-refractivity contribution in [2.24, 2.45) is 0 Å². The number of nitrogens with zero attached hydrogens (tertiary/aromatic N) is 4. The second-order valence-corrected chi connectivity index (χ2v) is 14.6. The Morgan fingerprint density at radius 1 is 0.956 bits per heavy atom. The molecule has 0 bridgehead atoms. The number of carbonyl (C=O) groups is 3. The lowest BCUT2D eigenvalue weighted by atomic mass is 9.81. The quantitative estimate of drug-likeness (QED) is 0.435. The van der Waals surface area contributed by atoms with Crippen molar-refractivity contribution in [2.45, 2.75) is 64.0 Å². The van der Waals surface area contributed by atoms with E-state index >= 15 is 0 Å². The predicted molar refractivity (Wildman–Crippen MR) is 175 cm³/mol. The van der Waals surface area contributed by atoms with Crippen LogP contribution >= 0.6 is 0 Å². The Kier molecular flexibility index (Phi) is 8.34. The van der Waals surface area contributed by atoms with Crippen molar-refractivity contribution in [2.75, 3.05) is 34.2 Å². The number of hydrogen-bond acceptors (Lipinski definition) is 5. The van der Waals surface area contributed by atoms with E-state index in [4.69, 9.17) is 0 Å². The first-order valence-electron chi connectivity index (χ1n) is 15.7. The number of rotatable bonds is 6. The molecule has 3 amide bonds. The summed E-state index contributed by atoms with van der Waals surface area (Å²) in [6.45, 7) is 2.89. The SMILES string of the molecule is CC(=O)N(C)C1CCN(C(=O)C2=Cc3ccccc3-c3c(C4CCCCC4)c4ccc(C(=O)NS(=O)(=O)N(C)C)cc4n3C2)C1. The number of likely N-dealkylation sites (N-methyl/N-ethyl adjacent to an activating group) is 1. The maximum Gasteiger partial charge on any atom is 0.303 e. The van der Waals surface area contributed by atoms with E-state index in [1.807, 2.05) is 35.2 Å². The molecule has 1 aliphatic carbocycles. The molecule has 10 nitrogen and oxygen atoms in total. The number of aromatic nitrogens is 1. The zero-order valence-corrected chi connectivity index (χ0v) is 27.2.